The Balaban J connectivity index is 0.000000302. The molecule has 1 aromatic carbocycles. The van der Waals surface area contributed by atoms with Crippen molar-refractivity contribution in [2.24, 2.45) is 5.41 Å². The highest BCUT2D eigenvalue weighted by Gasteiger charge is 2.24. The number of rotatable bonds is 4. The number of hydrogen-bond acceptors (Lipinski definition) is 5. The summed E-state index contributed by atoms with van der Waals surface area (Å²) in [5.41, 5.74) is -0.667. The molecule has 5 heteroatoms. The molecule has 0 fully saturated rings. The molecule has 0 amide bonds. The van der Waals surface area contributed by atoms with Crippen molar-refractivity contribution in [2.75, 3.05) is 19.8 Å². The summed E-state index contributed by atoms with van der Waals surface area (Å²) in [6, 6.07) is 5.70. The number of aliphatic hydroxyl groups excluding tert-OH is 3. The molecule has 0 saturated heterocycles. The summed E-state index contributed by atoms with van der Waals surface area (Å²) in [7, 11) is 0. The van der Waals surface area contributed by atoms with E-state index in [1.165, 1.54) is 24.3 Å². The number of phenolic OH excluding ortho intramolecular Hbond substituents is 2. The van der Waals surface area contributed by atoms with Gasteiger partial charge < -0.3 is 25.5 Å². The van der Waals surface area contributed by atoms with Gasteiger partial charge in [-0.25, -0.2) is 0 Å². The average Bonchev–Trinajstić information content (AvgIpc) is 2.37. The summed E-state index contributed by atoms with van der Waals surface area (Å²) in [6.07, 6.45) is 0.594. The predicted octanol–water partition coefficient (Wildman–Crippen LogP) is 0.457. The van der Waals surface area contributed by atoms with Gasteiger partial charge in [0.15, 0.2) is 0 Å². The van der Waals surface area contributed by atoms with Gasteiger partial charge in [-0.05, 0) is 30.7 Å². The monoisotopic (exact) mass is 244 g/mol. The maximum Gasteiger partial charge on any atom is 0.115 e. The van der Waals surface area contributed by atoms with Crippen molar-refractivity contribution < 1.29 is 25.5 Å². The van der Waals surface area contributed by atoms with Crippen molar-refractivity contribution in [3.63, 3.8) is 0 Å². The maximum atomic E-state index is 8.66. The molecule has 5 N–H and O–H groups in total. The van der Waals surface area contributed by atoms with E-state index in [1.54, 1.807) is 0 Å². The zero-order chi connectivity index (χ0) is 13.3. The fourth-order valence-electron chi connectivity index (χ4n) is 0.938. The van der Waals surface area contributed by atoms with Crippen LogP contribution in [0.4, 0.5) is 0 Å². The van der Waals surface area contributed by atoms with Gasteiger partial charge in [0.25, 0.3) is 0 Å². The van der Waals surface area contributed by atoms with Gasteiger partial charge in [0.1, 0.15) is 11.5 Å². The summed E-state index contributed by atoms with van der Waals surface area (Å²) in [5.74, 6) is 0.339. The molecule has 0 saturated carbocycles. The highest BCUT2D eigenvalue weighted by atomic mass is 16.3. The molecule has 0 unspecified atom stereocenters. The zero-order valence-electron chi connectivity index (χ0n) is 9.87. The third-order valence-corrected chi connectivity index (χ3v) is 2.61. The van der Waals surface area contributed by atoms with Crippen LogP contribution < -0.4 is 0 Å². The highest BCUT2D eigenvalue weighted by molar-refractivity contribution is 5.28. The molecule has 98 valence electrons. The SMILES string of the molecule is CCC(CO)(CO)CO.Oc1ccc(O)cc1. The predicted molar refractivity (Wildman–Crippen MR) is 63.8 cm³/mol. The van der Waals surface area contributed by atoms with Crippen LogP contribution in [0.2, 0.25) is 0 Å². The van der Waals surface area contributed by atoms with Crippen molar-refractivity contribution in [1.29, 1.82) is 0 Å². The molecule has 17 heavy (non-hydrogen) atoms. The molecule has 0 bridgehead atoms. The second kappa shape index (κ2) is 7.89. The zero-order valence-corrected chi connectivity index (χ0v) is 9.87. The van der Waals surface area contributed by atoms with Crippen molar-refractivity contribution in [2.45, 2.75) is 13.3 Å². The Morgan fingerprint density at radius 3 is 1.24 bits per heavy atom. The van der Waals surface area contributed by atoms with E-state index in [4.69, 9.17) is 25.5 Å². The van der Waals surface area contributed by atoms with Gasteiger partial charge >= 0.3 is 0 Å². The van der Waals surface area contributed by atoms with E-state index in [9.17, 15) is 0 Å². The normalized spacial score (nSPS) is 10.6. The first-order chi connectivity index (χ1) is 8.03. The number of phenols is 2. The van der Waals surface area contributed by atoms with Crippen LogP contribution in [0.3, 0.4) is 0 Å². The summed E-state index contributed by atoms with van der Waals surface area (Å²) < 4.78 is 0. The minimum Gasteiger partial charge on any atom is -0.508 e. The minimum absolute atomic E-state index is 0.156. The van der Waals surface area contributed by atoms with Crippen molar-refractivity contribution in [1.82, 2.24) is 0 Å². The van der Waals surface area contributed by atoms with E-state index in [-0.39, 0.29) is 31.3 Å². The first-order valence-electron chi connectivity index (χ1n) is 5.34. The van der Waals surface area contributed by atoms with E-state index in [2.05, 4.69) is 0 Å². The maximum absolute atomic E-state index is 8.66. The van der Waals surface area contributed by atoms with Crippen molar-refractivity contribution in [3.8, 4) is 11.5 Å². The Labute approximate surface area is 101 Å². The summed E-state index contributed by atoms with van der Waals surface area (Å²) in [4.78, 5) is 0. The molecule has 0 heterocycles. The van der Waals surface area contributed by atoms with Crippen LogP contribution in [0.15, 0.2) is 24.3 Å². The van der Waals surface area contributed by atoms with Gasteiger partial charge in [-0.1, -0.05) is 6.92 Å². The molecule has 0 spiro atoms. The van der Waals surface area contributed by atoms with Gasteiger partial charge in [0.05, 0.1) is 19.8 Å². The minimum atomic E-state index is -0.667. The topological polar surface area (TPSA) is 101 Å². The Bertz CT molecular complexity index is 254. The summed E-state index contributed by atoms with van der Waals surface area (Å²) in [6.45, 7) is 1.35. The third-order valence-electron chi connectivity index (χ3n) is 2.61. The molecule has 0 radical (unpaired) electrons. The van der Waals surface area contributed by atoms with E-state index in [1.807, 2.05) is 6.92 Å². The fraction of sp³-hybridized carbons (Fsp3) is 0.500. The van der Waals surface area contributed by atoms with Gasteiger partial charge in [-0.15, -0.1) is 0 Å². The lowest BCUT2D eigenvalue weighted by Crippen LogP contribution is -2.32. The standard InChI is InChI=1S/C6H14O3.C6H6O2/c1-2-6(3-7,4-8)5-9;7-5-1-2-6(8)4-3-5/h7-9H,2-5H2,1H3;1-4,7-8H. The molecule has 0 aliphatic carbocycles. The summed E-state index contributed by atoms with van der Waals surface area (Å²) >= 11 is 0. The molecule has 0 atom stereocenters. The lowest BCUT2D eigenvalue weighted by Gasteiger charge is -2.24. The van der Waals surface area contributed by atoms with E-state index >= 15 is 0 Å². The van der Waals surface area contributed by atoms with Crippen LogP contribution in [0.25, 0.3) is 0 Å². The van der Waals surface area contributed by atoms with Gasteiger partial charge in [0.2, 0.25) is 0 Å². The highest BCUT2D eigenvalue weighted by Crippen LogP contribution is 2.18. The van der Waals surface area contributed by atoms with Crippen LogP contribution in [0, 0.1) is 5.41 Å². The van der Waals surface area contributed by atoms with E-state index in [0.29, 0.717) is 6.42 Å². The number of benzene rings is 1. The van der Waals surface area contributed by atoms with Crippen molar-refractivity contribution >= 4 is 0 Å². The molecule has 0 aliphatic heterocycles. The number of hydrogen-bond donors (Lipinski definition) is 5. The third kappa shape index (κ3) is 5.53. The molecular weight excluding hydrogens is 224 g/mol. The Morgan fingerprint density at radius 1 is 0.824 bits per heavy atom. The van der Waals surface area contributed by atoms with E-state index in [0.717, 1.165) is 0 Å². The first kappa shape index (κ1) is 15.7. The summed E-state index contributed by atoms with van der Waals surface area (Å²) in [5, 5.41) is 43.3. The van der Waals surface area contributed by atoms with Gasteiger partial charge in [-0.2, -0.15) is 0 Å². The largest absolute Gasteiger partial charge is 0.508 e. The van der Waals surface area contributed by atoms with Gasteiger partial charge in [0, 0.05) is 5.41 Å². The van der Waals surface area contributed by atoms with Crippen LogP contribution in [0.1, 0.15) is 13.3 Å². The molecule has 5 nitrogen and oxygen atoms in total. The van der Waals surface area contributed by atoms with Gasteiger partial charge in [-0.3, -0.25) is 0 Å². The lowest BCUT2D eigenvalue weighted by molar-refractivity contribution is 0.00304. The Morgan fingerprint density at radius 2 is 1.12 bits per heavy atom. The average molecular weight is 244 g/mol. The molecule has 0 aromatic heterocycles. The smallest absolute Gasteiger partial charge is 0.115 e. The lowest BCUT2D eigenvalue weighted by atomic mass is 9.88. The van der Waals surface area contributed by atoms with Crippen LogP contribution >= 0.6 is 0 Å². The molecular formula is C12H20O5. The first-order valence-corrected chi connectivity index (χ1v) is 5.34. The quantitative estimate of drug-likeness (QED) is 0.495. The second-order valence-electron chi connectivity index (χ2n) is 3.84. The number of aliphatic hydroxyl groups is 3. The van der Waals surface area contributed by atoms with Crippen LogP contribution in [0.5, 0.6) is 11.5 Å². The Kier molecular flexibility index (Phi) is 7.29. The molecule has 0 aliphatic rings. The fourth-order valence-corrected chi connectivity index (χ4v) is 0.938. The Hall–Kier alpha value is -1.30. The molecule has 1 rings (SSSR count). The van der Waals surface area contributed by atoms with Crippen molar-refractivity contribution in [3.05, 3.63) is 24.3 Å². The molecule has 1 aromatic rings. The van der Waals surface area contributed by atoms with E-state index < -0.39 is 5.41 Å². The second-order valence-corrected chi connectivity index (χ2v) is 3.84. The van der Waals surface area contributed by atoms with Crippen LogP contribution in [-0.2, 0) is 0 Å². The number of aromatic hydroxyl groups is 2. The van der Waals surface area contributed by atoms with Crippen LogP contribution in [-0.4, -0.2) is 45.4 Å².